The predicted molar refractivity (Wildman–Crippen MR) is 57.1 cm³/mol. The maximum atomic E-state index is 10.6. The molecule has 0 spiro atoms. The average molecular weight is 226 g/mol. The van der Waals surface area contributed by atoms with Crippen LogP contribution >= 0.6 is 11.6 Å². The maximum Gasteiger partial charge on any atom is 0.271 e. The van der Waals surface area contributed by atoms with Gasteiger partial charge in [-0.05, 0) is 6.07 Å². The van der Waals surface area contributed by atoms with Gasteiger partial charge in [-0.2, -0.15) is 5.10 Å². The zero-order valence-corrected chi connectivity index (χ0v) is 8.52. The number of non-ortho nitro benzene ring substituents is 1. The Kier molecular flexibility index (Phi) is 2.55. The van der Waals surface area contributed by atoms with Gasteiger partial charge in [-0.15, -0.1) is 11.6 Å². The molecule has 0 aliphatic carbocycles. The molecule has 0 bridgehead atoms. The van der Waals surface area contributed by atoms with E-state index in [1.807, 2.05) is 0 Å². The summed E-state index contributed by atoms with van der Waals surface area (Å²) >= 11 is 5.60. The van der Waals surface area contributed by atoms with Crippen molar-refractivity contribution in [3.05, 3.63) is 34.5 Å². The lowest BCUT2D eigenvalue weighted by Crippen LogP contribution is -2.00. The number of aryl methyl sites for hydroxylation is 1. The van der Waals surface area contributed by atoms with Crippen molar-refractivity contribution in [2.45, 2.75) is 6.54 Å². The molecule has 1 aromatic carbocycles. The fourth-order valence-corrected chi connectivity index (χ4v) is 1.59. The number of aromatic nitrogens is 2. The SMILES string of the molecule is O=[N+]([O-])c1ccc2cnn(CCCl)c2c1. The molecule has 0 radical (unpaired) electrons. The molecular weight excluding hydrogens is 218 g/mol. The van der Waals surface area contributed by atoms with Crippen LogP contribution in [0.1, 0.15) is 0 Å². The zero-order chi connectivity index (χ0) is 10.8. The molecule has 0 aliphatic rings. The molecule has 2 aromatic rings. The minimum Gasteiger partial charge on any atom is -0.263 e. The molecule has 78 valence electrons. The van der Waals surface area contributed by atoms with Crippen molar-refractivity contribution < 1.29 is 4.92 Å². The van der Waals surface area contributed by atoms with E-state index in [9.17, 15) is 10.1 Å². The van der Waals surface area contributed by atoms with Gasteiger partial charge in [-0.1, -0.05) is 0 Å². The molecule has 0 atom stereocenters. The van der Waals surface area contributed by atoms with Crippen molar-refractivity contribution in [3.8, 4) is 0 Å². The van der Waals surface area contributed by atoms with Crippen LogP contribution in [0.3, 0.4) is 0 Å². The van der Waals surface area contributed by atoms with Crippen molar-refractivity contribution >= 4 is 28.2 Å². The number of nitro groups is 1. The van der Waals surface area contributed by atoms with Gasteiger partial charge in [0.2, 0.25) is 0 Å². The summed E-state index contributed by atoms with van der Waals surface area (Å²) in [5.41, 5.74) is 0.809. The lowest BCUT2D eigenvalue weighted by Gasteiger charge is -1.99. The first-order valence-electron chi connectivity index (χ1n) is 4.38. The molecule has 0 unspecified atom stereocenters. The van der Waals surface area contributed by atoms with Crippen LogP contribution in [-0.4, -0.2) is 20.6 Å². The first-order valence-corrected chi connectivity index (χ1v) is 4.92. The first kappa shape index (κ1) is 9.92. The zero-order valence-electron chi connectivity index (χ0n) is 7.76. The molecule has 0 N–H and O–H groups in total. The van der Waals surface area contributed by atoms with E-state index in [2.05, 4.69) is 5.10 Å². The van der Waals surface area contributed by atoms with E-state index in [1.54, 1.807) is 16.9 Å². The highest BCUT2D eigenvalue weighted by Gasteiger charge is 2.09. The second-order valence-corrected chi connectivity index (χ2v) is 3.43. The van der Waals surface area contributed by atoms with Crippen LogP contribution in [0.15, 0.2) is 24.4 Å². The van der Waals surface area contributed by atoms with Gasteiger partial charge in [0.05, 0.1) is 23.2 Å². The lowest BCUT2D eigenvalue weighted by atomic mass is 10.2. The van der Waals surface area contributed by atoms with E-state index >= 15 is 0 Å². The summed E-state index contributed by atoms with van der Waals surface area (Å²) in [6.07, 6.45) is 1.67. The minimum absolute atomic E-state index is 0.0684. The van der Waals surface area contributed by atoms with Crippen molar-refractivity contribution in [3.63, 3.8) is 0 Å². The highest BCUT2D eigenvalue weighted by atomic mass is 35.5. The van der Waals surface area contributed by atoms with Crippen molar-refractivity contribution in [1.29, 1.82) is 0 Å². The summed E-state index contributed by atoms with van der Waals surface area (Å²) in [5.74, 6) is 0.430. The van der Waals surface area contributed by atoms with Crippen LogP contribution in [0.2, 0.25) is 0 Å². The molecule has 15 heavy (non-hydrogen) atoms. The van der Waals surface area contributed by atoms with Crippen LogP contribution in [-0.2, 0) is 6.54 Å². The van der Waals surface area contributed by atoms with E-state index in [4.69, 9.17) is 11.6 Å². The molecule has 0 saturated carbocycles. The van der Waals surface area contributed by atoms with Crippen LogP contribution in [0.5, 0.6) is 0 Å². The van der Waals surface area contributed by atoms with E-state index in [0.717, 1.165) is 10.9 Å². The molecule has 0 fully saturated rings. The monoisotopic (exact) mass is 225 g/mol. The quantitative estimate of drug-likeness (QED) is 0.457. The summed E-state index contributed by atoms with van der Waals surface area (Å²) in [7, 11) is 0. The van der Waals surface area contributed by atoms with Crippen LogP contribution in [0.4, 0.5) is 5.69 Å². The van der Waals surface area contributed by atoms with Crippen molar-refractivity contribution in [1.82, 2.24) is 9.78 Å². The average Bonchev–Trinajstić information content (AvgIpc) is 2.61. The third-order valence-electron chi connectivity index (χ3n) is 2.14. The number of benzene rings is 1. The number of hydrogen-bond acceptors (Lipinski definition) is 3. The van der Waals surface area contributed by atoms with Gasteiger partial charge >= 0.3 is 0 Å². The topological polar surface area (TPSA) is 61.0 Å². The minimum atomic E-state index is -0.419. The number of fused-ring (bicyclic) bond motifs is 1. The Hall–Kier alpha value is -1.62. The van der Waals surface area contributed by atoms with Gasteiger partial charge in [0, 0.05) is 23.4 Å². The molecule has 1 heterocycles. The number of nitro benzene ring substituents is 1. The number of hydrogen-bond donors (Lipinski definition) is 0. The number of halogens is 1. The Labute approximate surface area is 90.4 Å². The van der Waals surface area contributed by atoms with Crippen LogP contribution in [0, 0.1) is 10.1 Å². The van der Waals surface area contributed by atoms with Gasteiger partial charge in [0.25, 0.3) is 5.69 Å². The Bertz CT molecular complexity index is 509. The summed E-state index contributed by atoms with van der Waals surface area (Å²) in [5, 5.41) is 15.6. The Morgan fingerprint density at radius 2 is 2.33 bits per heavy atom. The van der Waals surface area contributed by atoms with E-state index in [0.29, 0.717) is 12.4 Å². The van der Waals surface area contributed by atoms with Gasteiger partial charge in [0.15, 0.2) is 0 Å². The second-order valence-electron chi connectivity index (χ2n) is 3.06. The van der Waals surface area contributed by atoms with E-state index in [-0.39, 0.29) is 5.69 Å². The summed E-state index contributed by atoms with van der Waals surface area (Å²) in [6, 6.07) is 4.66. The maximum absolute atomic E-state index is 10.6. The Balaban J connectivity index is 2.56. The van der Waals surface area contributed by atoms with Gasteiger partial charge in [-0.25, -0.2) is 0 Å². The third-order valence-corrected chi connectivity index (χ3v) is 2.30. The van der Waals surface area contributed by atoms with E-state index < -0.39 is 4.92 Å². The lowest BCUT2D eigenvalue weighted by molar-refractivity contribution is -0.384. The fourth-order valence-electron chi connectivity index (χ4n) is 1.43. The van der Waals surface area contributed by atoms with Gasteiger partial charge in [-0.3, -0.25) is 14.8 Å². The molecule has 0 amide bonds. The number of alkyl halides is 1. The summed E-state index contributed by atoms with van der Waals surface area (Å²) in [4.78, 5) is 10.2. The summed E-state index contributed by atoms with van der Waals surface area (Å²) < 4.78 is 1.66. The molecule has 5 nitrogen and oxygen atoms in total. The van der Waals surface area contributed by atoms with Crippen LogP contribution < -0.4 is 0 Å². The van der Waals surface area contributed by atoms with Crippen molar-refractivity contribution in [2.24, 2.45) is 0 Å². The largest absolute Gasteiger partial charge is 0.271 e. The smallest absolute Gasteiger partial charge is 0.263 e. The molecular formula is C9H8ClN3O2. The number of rotatable bonds is 3. The molecule has 2 rings (SSSR count). The molecule has 0 saturated heterocycles. The Morgan fingerprint density at radius 3 is 3.00 bits per heavy atom. The highest BCUT2D eigenvalue weighted by molar-refractivity contribution is 6.17. The first-order chi connectivity index (χ1) is 7.22. The van der Waals surface area contributed by atoms with Gasteiger partial charge < -0.3 is 0 Å². The Morgan fingerprint density at radius 1 is 1.53 bits per heavy atom. The fraction of sp³-hybridized carbons (Fsp3) is 0.222. The normalized spacial score (nSPS) is 10.7. The molecule has 6 heteroatoms. The predicted octanol–water partition coefficient (Wildman–Crippen LogP) is 2.18. The standard InChI is InChI=1S/C9H8ClN3O2/c10-3-4-12-9-5-8(13(14)15)2-1-7(9)6-11-12/h1-2,5-6H,3-4H2. The van der Waals surface area contributed by atoms with Crippen molar-refractivity contribution in [2.75, 3.05) is 5.88 Å². The number of nitrogens with zero attached hydrogens (tertiary/aromatic N) is 3. The molecule has 1 aromatic heterocycles. The highest BCUT2D eigenvalue weighted by Crippen LogP contribution is 2.20. The second kappa shape index (κ2) is 3.86. The molecule has 0 aliphatic heterocycles. The summed E-state index contributed by atoms with van der Waals surface area (Å²) in [6.45, 7) is 0.548. The van der Waals surface area contributed by atoms with Crippen LogP contribution in [0.25, 0.3) is 10.9 Å². The van der Waals surface area contributed by atoms with E-state index in [1.165, 1.54) is 12.1 Å². The third kappa shape index (κ3) is 1.78. The van der Waals surface area contributed by atoms with Gasteiger partial charge in [0.1, 0.15) is 0 Å².